The van der Waals surface area contributed by atoms with E-state index in [9.17, 15) is 18.0 Å². The van der Waals surface area contributed by atoms with Crippen LogP contribution in [-0.4, -0.2) is 37.1 Å². The van der Waals surface area contributed by atoms with Crippen LogP contribution in [0.4, 0.5) is 13.2 Å². The molecular weight excluding hydrogens is 621 g/mol. The molecule has 2 aliphatic heterocycles. The van der Waals surface area contributed by atoms with Crippen LogP contribution in [0.3, 0.4) is 0 Å². The quantitative estimate of drug-likeness (QED) is 0.154. The fourth-order valence-electron chi connectivity index (χ4n) is 6.07. The Labute approximate surface area is 269 Å². The average Bonchev–Trinajstić information content (AvgIpc) is 3.42. The van der Waals surface area contributed by atoms with Crippen molar-refractivity contribution in [1.82, 2.24) is 0 Å². The minimum Gasteiger partial charge on any atom is -0.406 e. The number of alkyl halides is 3. The molecule has 2 bridgehead atoms. The molecule has 2 heterocycles. The van der Waals surface area contributed by atoms with Gasteiger partial charge in [0.1, 0.15) is 11.9 Å². The summed E-state index contributed by atoms with van der Waals surface area (Å²) in [6, 6.07) is 30.3. The summed E-state index contributed by atoms with van der Waals surface area (Å²) in [7, 11) is 0. The van der Waals surface area contributed by atoms with Crippen molar-refractivity contribution in [2.45, 2.75) is 56.5 Å². The molecule has 0 radical (unpaired) electrons. The van der Waals surface area contributed by atoms with Crippen LogP contribution in [0.1, 0.15) is 34.7 Å². The zero-order chi connectivity index (χ0) is 32.4. The molecule has 0 aliphatic carbocycles. The van der Waals surface area contributed by atoms with Crippen LogP contribution in [0.15, 0.2) is 103 Å². The molecule has 0 N–H and O–H groups in total. The van der Waals surface area contributed by atoms with Crippen LogP contribution in [-0.2, 0) is 49.2 Å². The summed E-state index contributed by atoms with van der Waals surface area (Å²) in [6.07, 6.45) is -5.10. The standard InChI is InChI=1S/C36H32ClF3O6/c1-24-32(42-20-26-8-4-2-5-9-26)33(43-21-27-10-6-3-7-11-27)35(44-23-34(24,22-41)46-35)29-14-17-31(37)28(19-29)18-25-12-15-30(16-13-25)45-36(38,39)40/h2-17,19,22,24,32-33H,18,20-21,23H2,1H3/t24-,32-,33+,34-,35-/m0/s1. The Kier molecular flexibility index (Phi) is 9.23. The monoisotopic (exact) mass is 652 g/mol. The molecular formula is C36H32ClF3O6. The predicted molar refractivity (Wildman–Crippen MR) is 164 cm³/mol. The molecule has 240 valence electrons. The van der Waals surface area contributed by atoms with Gasteiger partial charge in [-0.3, -0.25) is 0 Å². The van der Waals surface area contributed by atoms with Crippen molar-refractivity contribution in [3.05, 3.63) is 136 Å². The Morgan fingerprint density at radius 2 is 1.50 bits per heavy atom. The first kappa shape index (κ1) is 32.2. The number of hydrogen-bond acceptors (Lipinski definition) is 6. The second kappa shape index (κ2) is 13.2. The van der Waals surface area contributed by atoms with Crippen molar-refractivity contribution in [2.24, 2.45) is 5.92 Å². The summed E-state index contributed by atoms with van der Waals surface area (Å²) in [5, 5.41) is 0.443. The Bertz CT molecular complexity index is 1640. The largest absolute Gasteiger partial charge is 0.573 e. The van der Waals surface area contributed by atoms with Crippen molar-refractivity contribution in [2.75, 3.05) is 6.61 Å². The third-order valence-corrected chi connectivity index (χ3v) is 8.92. The highest BCUT2D eigenvalue weighted by Gasteiger charge is 2.67. The Morgan fingerprint density at radius 3 is 2.11 bits per heavy atom. The van der Waals surface area contributed by atoms with Crippen LogP contribution < -0.4 is 4.74 Å². The number of carbonyl (C=O) groups is 1. The van der Waals surface area contributed by atoms with Gasteiger partial charge in [-0.15, -0.1) is 13.2 Å². The predicted octanol–water partition coefficient (Wildman–Crippen LogP) is 7.79. The molecule has 0 unspecified atom stereocenters. The maximum absolute atomic E-state index is 12.7. The normalized spacial score (nSPS) is 25.7. The van der Waals surface area contributed by atoms with Gasteiger partial charge in [-0.05, 0) is 52.9 Å². The first-order valence-corrected chi connectivity index (χ1v) is 15.2. The zero-order valence-electron chi connectivity index (χ0n) is 24.9. The molecule has 4 aromatic rings. The van der Waals surface area contributed by atoms with E-state index in [1.807, 2.05) is 73.7 Å². The highest BCUT2D eigenvalue weighted by molar-refractivity contribution is 6.31. The number of ether oxygens (including phenoxy) is 5. The molecule has 0 spiro atoms. The molecule has 10 heteroatoms. The molecule has 0 aromatic heterocycles. The highest BCUT2D eigenvalue weighted by Crippen LogP contribution is 2.53. The van der Waals surface area contributed by atoms with Crippen molar-refractivity contribution in [1.29, 1.82) is 0 Å². The molecule has 2 saturated heterocycles. The van der Waals surface area contributed by atoms with Gasteiger partial charge in [0.05, 0.1) is 25.9 Å². The van der Waals surface area contributed by atoms with Gasteiger partial charge in [-0.2, -0.15) is 0 Å². The molecule has 0 saturated carbocycles. The van der Waals surface area contributed by atoms with Crippen LogP contribution >= 0.6 is 11.6 Å². The van der Waals surface area contributed by atoms with Gasteiger partial charge in [0.25, 0.3) is 0 Å². The molecule has 6 rings (SSSR count). The van der Waals surface area contributed by atoms with Crippen molar-refractivity contribution in [3.63, 3.8) is 0 Å². The van der Waals surface area contributed by atoms with Gasteiger partial charge in [-0.25, -0.2) is 0 Å². The van der Waals surface area contributed by atoms with Gasteiger partial charge in [-0.1, -0.05) is 97.4 Å². The number of aldehydes is 1. The first-order chi connectivity index (χ1) is 22.1. The molecule has 2 fully saturated rings. The second-order valence-corrected chi connectivity index (χ2v) is 12.0. The lowest BCUT2D eigenvalue weighted by atomic mass is 9.78. The minimum atomic E-state index is -4.78. The van der Waals surface area contributed by atoms with E-state index in [0.717, 1.165) is 17.4 Å². The molecule has 0 amide bonds. The zero-order valence-corrected chi connectivity index (χ0v) is 25.7. The second-order valence-electron chi connectivity index (χ2n) is 11.6. The first-order valence-electron chi connectivity index (χ1n) is 14.9. The molecule has 6 nitrogen and oxygen atoms in total. The van der Waals surface area contributed by atoms with E-state index in [1.54, 1.807) is 24.3 Å². The number of fused-ring (bicyclic) bond motifs is 2. The SMILES string of the molecule is C[C@H]1[C@H](OCc2ccccc2)[C@@H](OCc2ccccc2)[C@@]2(c3ccc(Cl)c(Cc4ccc(OC(F)(F)F)cc4)c3)OC[C@]1(C=O)O2. The van der Waals surface area contributed by atoms with Crippen molar-refractivity contribution >= 4 is 17.9 Å². The summed E-state index contributed by atoms with van der Waals surface area (Å²) < 4.78 is 68.3. The summed E-state index contributed by atoms with van der Waals surface area (Å²) in [6.45, 7) is 2.42. The van der Waals surface area contributed by atoms with E-state index < -0.39 is 35.9 Å². The lowest BCUT2D eigenvalue weighted by Crippen LogP contribution is -2.62. The lowest BCUT2D eigenvalue weighted by Gasteiger charge is -2.49. The van der Waals surface area contributed by atoms with Crippen molar-refractivity contribution < 1.29 is 41.7 Å². The number of benzene rings is 4. The van der Waals surface area contributed by atoms with Gasteiger partial charge in [0.2, 0.25) is 5.79 Å². The van der Waals surface area contributed by atoms with Crippen molar-refractivity contribution in [3.8, 4) is 5.75 Å². The molecule has 4 aromatic carbocycles. The third kappa shape index (κ3) is 6.70. The van der Waals surface area contributed by atoms with E-state index in [1.165, 1.54) is 12.1 Å². The minimum absolute atomic E-state index is 0.00725. The summed E-state index contributed by atoms with van der Waals surface area (Å²) in [4.78, 5) is 12.7. The van der Waals surface area contributed by atoms with Gasteiger partial charge < -0.3 is 28.5 Å². The molecule has 46 heavy (non-hydrogen) atoms. The van der Waals surface area contributed by atoms with E-state index >= 15 is 0 Å². The Hall–Kier alpha value is -3.73. The fraction of sp³-hybridized carbons (Fsp3) is 0.306. The van der Waals surface area contributed by atoms with E-state index in [2.05, 4.69) is 4.74 Å². The highest BCUT2D eigenvalue weighted by atomic mass is 35.5. The molecule has 5 atom stereocenters. The van der Waals surface area contributed by atoms with Crippen LogP contribution in [0, 0.1) is 5.92 Å². The van der Waals surface area contributed by atoms with Crippen LogP contribution in [0.25, 0.3) is 0 Å². The Morgan fingerprint density at radius 1 is 0.870 bits per heavy atom. The molecule has 2 aliphatic rings. The van der Waals surface area contributed by atoms with Crippen LogP contribution in [0.2, 0.25) is 5.02 Å². The smallest absolute Gasteiger partial charge is 0.406 e. The average molecular weight is 653 g/mol. The van der Waals surface area contributed by atoms with Gasteiger partial charge in [0.15, 0.2) is 11.9 Å². The summed E-state index contributed by atoms with van der Waals surface area (Å²) in [5.41, 5.74) is 2.57. The summed E-state index contributed by atoms with van der Waals surface area (Å²) >= 11 is 6.64. The van der Waals surface area contributed by atoms with E-state index in [0.29, 0.717) is 28.1 Å². The number of halogens is 4. The number of hydrogen-bond donors (Lipinski definition) is 0. The van der Waals surface area contributed by atoms with Gasteiger partial charge >= 0.3 is 6.36 Å². The lowest BCUT2D eigenvalue weighted by molar-refractivity contribution is -0.326. The van der Waals surface area contributed by atoms with E-state index in [4.69, 9.17) is 30.5 Å². The fourth-order valence-corrected chi connectivity index (χ4v) is 6.26. The summed E-state index contributed by atoms with van der Waals surface area (Å²) in [5.74, 6) is -2.26. The van der Waals surface area contributed by atoms with E-state index in [-0.39, 0.29) is 25.6 Å². The Balaban J connectivity index is 1.35. The van der Waals surface area contributed by atoms with Gasteiger partial charge in [0, 0.05) is 16.5 Å². The number of carbonyl (C=O) groups excluding carboxylic acids is 1. The van der Waals surface area contributed by atoms with Crippen LogP contribution in [0.5, 0.6) is 5.75 Å². The third-order valence-electron chi connectivity index (χ3n) is 8.55. The maximum Gasteiger partial charge on any atom is 0.573 e. The maximum atomic E-state index is 12.7. The number of rotatable bonds is 11. The topological polar surface area (TPSA) is 63.2 Å².